The highest BCUT2D eigenvalue weighted by Crippen LogP contribution is 2.37. The molecule has 2 rings (SSSR count). The largest absolute Gasteiger partial charge is 0.462 e. The van der Waals surface area contributed by atoms with Crippen LogP contribution in [0.25, 0.3) is 21.6 Å². The predicted octanol–water partition coefficient (Wildman–Crippen LogP) is 4.79. The van der Waals surface area contributed by atoms with Crippen molar-refractivity contribution in [3.8, 4) is 11.1 Å². The average molecular weight is 310 g/mol. The molecule has 0 radical (unpaired) electrons. The van der Waals surface area contributed by atoms with Crippen LogP contribution in [-0.2, 0) is 4.74 Å². The Morgan fingerprint density at radius 1 is 1.22 bits per heavy atom. The van der Waals surface area contributed by atoms with Crippen LogP contribution in [-0.4, -0.2) is 17.6 Å². The summed E-state index contributed by atoms with van der Waals surface area (Å²) >= 11 is 0. The molecule has 6 nitrogen and oxygen atoms in total. The summed E-state index contributed by atoms with van der Waals surface area (Å²) in [7, 11) is 0. The minimum Gasteiger partial charge on any atom is -0.462 e. The highest BCUT2D eigenvalue weighted by molar-refractivity contribution is 6.02. The van der Waals surface area contributed by atoms with Crippen LogP contribution in [0.5, 0.6) is 0 Å². The Kier molecular flexibility index (Phi) is 4.98. The minimum absolute atomic E-state index is 0.260. The number of benzene rings is 1. The molecule has 0 bridgehead atoms. The standard InChI is InChI=1S/C17H18N4O2/c1-5-23-17(22)14-11(3)19-12(4)16(20-21-18)15(14)13-8-6-10(2)7-9-13/h6-9H,5H2,1-4H3. The van der Waals surface area contributed by atoms with E-state index >= 15 is 0 Å². The van der Waals surface area contributed by atoms with Gasteiger partial charge in [-0.1, -0.05) is 34.9 Å². The maximum Gasteiger partial charge on any atom is 0.340 e. The molecule has 0 saturated carbocycles. The predicted molar refractivity (Wildman–Crippen MR) is 88.6 cm³/mol. The molecule has 6 heteroatoms. The molecule has 0 saturated heterocycles. The molecule has 0 amide bonds. The average Bonchev–Trinajstić information content (AvgIpc) is 2.50. The third-order valence-electron chi connectivity index (χ3n) is 3.49. The summed E-state index contributed by atoms with van der Waals surface area (Å²) in [4.78, 5) is 19.6. The smallest absolute Gasteiger partial charge is 0.340 e. The van der Waals surface area contributed by atoms with Gasteiger partial charge in [0.15, 0.2) is 0 Å². The van der Waals surface area contributed by atoms with Gasteiger partial charge < -0.3 is 4.74 Å². The summed E-state index contributed by atoms with van der Waals surface area (Å²) < 4.78 is 5.15. The zero-order valence-electron chi connectivity index (χ0n) is 13.6. The Labute approximate surface area is 134 Å². The van der Waals surface area contributed by atoms with E-state index in [1.807, 2.05) is 31.2 Å². The van der Waals surface area contributed by atoms with E-state index in [0.717, 1.165) is 11.1 Å². The number of carbonyl (C=O) groups is 1. The molecule has 23 heavy (non-hydrogen) atoms. The summed E-state index contributed by atoms with van der Waals surface area (Å²) in [5.74, 6) is -0.470. The first-order chi connectivity index (χ1) is 11.0. The van der Waals surface area contributed by atoms with Crippen LogP contribution in [0.2, 0.25) is 0 Å². The molecule has 0 aliphatic heterocycles. The van der Waals surface area contributed by atoms with Gasteiger partial charge in [0, 0.05) is 16.2 Å². The van der Waals surface area contributed by atoms with Crippen molar-refractivity contribution in [2.75, 3.05) is 6.61 Å². The topological polar surface area (TPSA) is 88.0 Å². The van der Waals surface area contributed by atoms with Gasteiger partial charge in [-0.15, -0.1) is 0 Å². The molecule has 0 atom stereocenters. The summed E-state index contributed by atoms with van der Waals surface area (Å²) in [6, 6.07) is 7.66. The maximum absolute atomic E-state index is 12.4. The monoisotopic (exact) mass is 310 g/mol. The molecule has 2 aromatic rings. The van der Waals surface area contributed by atoms with Crippen LogP contribution >= 0.6 is 0 Å². The number of pyridine rings is 1. The zero-order chi connectivity index (χ0) is 17.0. The summed E-state index contributed by atoms with van der Waals surface area (Å²) in [6.45, 7) is 7.49. The molecule has 1 aromatic heterocycles. The fourth-order valence-corrected chi connectivity index (χ4v) is 2.46. The third-order valence-corrected chi connectivity index (χ3v) is 3.49. The van der Waals surface area contributed by atoms with Gasteiger partial charge in [-0.25, -0.2) is 4.79 Å². The zero-order valence-corrected chi connectivity index (χ0v) is 13.6. The molecule has 0 spiro atoms. The van der Waals surface area contributed by atoms with Gasteiger partial charge in [0.05, 0.1) is 23.6 Å². The molecular weight excluding hydrogens is 292 g/mol. The molecule has 0 unspecified atom stereocenters. The van der Waals surface area contributed by atoms with Crippen molar-refractivity contribution in [1.82, 2.24) is 4.98 Å². The minimum atomic E-state index is -0.470. The lowest BCUT2D eigenvalue weighted by molar-refractivity contribution is 0.0526. The van der Waals surface area contributed by atoms with Crippen LogP contribution in [0.1, 0.15) is 34.2 Å². The highest BCUT2D eigenvalue weighted by atomic mass is 16.5. The number of azide groups is 1. The Morgan fingerprint density at radius 2 is 1.87 bits per heavy atom. The van der Waals surface area contributed by atoms with Crippen LogP contribution in [0.15, 0.2) is 29.4 Å². The second kappa shape index (κ2) is 6.94. The number of nitrogens with zero attached hydrogens (tertiary/aromatic N) is 4. The van der Waals surface area contributed by atoms with Crippen molar-refractivity contribution < 1.29 is 9.53 Å². The van der Waals surface area contributed by atoms with Crippen molar-refractivity contribution >= 4 is 11.7 Å². The molecule has 1 aromatic carbocycles. The molecule has 0 N–H and O–H groups in total. The molecule has 118 valence electrons. The van der Waals surface area contributed by atoms with E-state index in [1.54, 1.807) is 20.8 Å². The van der Waals surface area contributed by atoms with E-state index < -0.39 is 5.97 Å². The SMILES string of the molecule is CCOC(=O)c1c(C)nc(C)c(N=[N+]=[N-])c1-c1ccc(C)cc1. The van der Waals surface area contributed by atoms with Crippen molar-refractivity contribution in [2.24, 2.45) is 5.11 Å². The molecule has 0 aliphatic rings. The number of aromatic nitrogens is 1. The summed E-state index contributed by atoms with van der Waals surface area (Å²) in [6.07, 6.45) is 0. The third kappa shape index (κ3) is 3.33. The van der Waals surface area contributed by atoms with Crippen LogP contribution in [0.3, 0.4) is 0 Å². The van der Waals surface area contributed by atoms with E-state index in [-0.39, 0.29) is 6.61 Å². The number of hydrogen-bond donors (Lipinski definition) is 0. The van der Waals surface area contributed by atoms with Crippen LogP contribution in [0.4, 0.5) is 5.69 Å². The van der Waals surface area contributed by atoms with Crippen LogP contribution < -0.4 is 0 Å². The van der Waals surface area contributed by atoms with Gasteiger partial charge >= 0.3 is 5.97 Å². The first kappa shape index (κ1) is 16.5. The van der Waals surface area contributed by atoms with Crippen LogP contribution in [0, 0.1) is 20.8 Å². The van der Waals surface area contributed by atoms with Crippen molar-refractivity contribution in [1.29, 1.82) is 0 Å². The van der Waals surface area contributed by atoms with Crippen molar-refractivity contribution in [3.63, 3.8) is 0 Å². The van der Waals surface area contributed by atoms with Crippen molar-refractivity contribution in [3.05, 3.63) is 57.2 Å². The van der Waals surface area contributed by atoms with Crippen molar-refractivity contribution in [2.45, 2.75) is 27.7 Å². The second-order valence-corrected chi connectivity index (χ2v) is 5.16. The van der Waals surface area contributed by atoms with Gasteiger partial charge in [-0.05, 0) is 38.8 Å². The van der Waals surface area contributed by atoms with E-state index in [0.29, 0.717) is 28.2 Å². The number of esters is 1. The lowest BCUT2D eigenvalue weighted by Gasteiger charge is -2.16. The van der Waals surface area contributed by atoms with Gasteiger partial charge in [-0.3, -0.25) is 4.98 Å². The fourth-order valence-electron chi connectivity index (χ4n) is 2.46. The number of hydrogen-bond acceptors (Lipinski definition) is 4. The van der Waals surface area contributed by atoms with Gasteiger partial charge in [0.1, 0.15) is 0 Å². The van der Waals surface area contributed by atoms with Gasteiger partial charge in [0.25, 0.3) is 0 Å². The number of aryl methyl sites for hydroxylation is 3. The Hall–Kier alpha value is -2.85. The molecule has 0 fully saturated rings. The van der Waals surface area contributed by atoms with E-state index in [1.165, 1.54) is 0 Å². The maximum atomic E-state index is 12.4. The molecule has 0 aliphatic carbocycles. The lowest BCUT2D eigenvalue weighted by atomic mass is 9.95. The Bertz CT molecular complexity index is 791. The van der Waals surface area contributed by atoms with E-state index in [2.05, 4.69) is 15.0 Å². The van der Waals surface area contributed by atoms with Gasteiger partial charge in [0.2, 0.25) is 0 Å². The summed E-state index contributed by atoms with van der Waals surface area (Å²) in [5.41, 5.74) is 13.1. The molecular formula is C17H18N4O2. The van der Waals surface area contributed by atoms with E-state index in [9.17, 15) is 4.79 Å². The fraction of sp³-hybridized carbons (Fsp3) is 0.294. The quantitative estimate of drug-likeness (QED) is 0.352. The van der Waals surface area contributed by atoms with E-state index in [4.69, 9.17) is 10.3 Å². The number of rotatable bonds is 4. The highest BCUT2D eigenvalue weighted by Gasteiger charge is 2.22. The second-order valence-electron chi connectivity index (χ2n) is 5.16. The Morgan fingerprint density at radius 3 is 2.43 bits per heavy atom. The molecule has 1 heterocycles. The number of carbonyl (C=O) groups excluding carboxylic acids is 1. The first-order valence-corrected chi connectivity index (χ1v) is 7.30. The first-order valence-electron chi connectivity index (χ1n) is 7.30. The number of ether oxygens (including phenoxy) is 1. The summed E-state index contributed by atoms with van der Waals surface area (Å²) in [5, 5.41) is 3.76. The lowest BCUT2D eigenvalue weighted by Crippen LogP contribution is -2.11. The normalized spacial score (nSPS) is 10.1. The van der Waals surface area contributed by atoms with Gasteiger partial charge in [-0.2, -0.15) is 0 Å². The Balaban J connectivity index is 2.84.